The lowest BCUT2D eigenvalue weighted by Gasteiger charge is -2.17. The molecule has 5 heteroatoms. The lowest BCUT2D eigenvalue weighted by molar-refractivity contribution is 0.100. The van der Waals surface area contributed by atoms with Gasteiger partial charge in [-0.05, 0) is 52.3 Å². The highest BCUT2D eigenvalue weighted by Gasteiger charge is 2.12. The van der Waals surface area contributed by atoms with Gasteiger partial charge in [-0.15, -0.1) is 11.3 Å². The predicted molar refractivity (Wildman–Crippen MR) is 76.0 cm³/mol. The normalized spacial score (nSPS) is 10.4. The van der Waals surface area contributed by atoms with E-state index in [-0.39, 0.29) is 18.1 Å². The van der Waals surface area contributed by atoms with Gasteiger partial charge in [-0.1, -0.05) is 0 Å². The number of benzene rings is 1. The summed E-state index contributed by atoms with van der Waals surface area (Å²) in [6.07, 6.45) is 0. The Morgan fingerprint density at radius 1 is 1.28 bits per heavy atom. The van der Waals surface area contributed by atoms with Crippen LogP contribution in [0.15, 0.2) is 40.2 Å². The van der Waals surface area contributed by atoms with Crippen molar-refractivity contribution < 1.29 is 9.18 Å². The van der Waals surface area contributed by atoms with Gasteiger partial charge in [0.1, 0.15) is 5.82 Å². The van der Waals surface area contributed by atoms with Crippen LogP contribution in [-0.4, -0.2) is 19.4 Å². The molecule has 0 aliphatic carbocycles. The zero-order valence-electron chi connectivity index (χ0n) is 9.69. The van der Waals surface area contributed by atoms with Gasteiger partial charge in [0.2, 0.25) is 0 Å². The average molecular weight is 328 g/mol. The molecular formula is C13H11BrFNOS. The minimum atomic E-state index is -0.277. The highest BCUT2D eigenvalue weighted by Crippen LogP contribution is 2.23. The molecule has 2 aromatic rings. The smallest absolute Gasteiger partial charge is 0.192 e. The fraction of sp³-hybridized carbons (Fsp3) is 0.154. The number of anilines is 1. The second-order valence-electron chi connectivity index (χ2n) is 3.86. The van der Waals surface area contributed by atoms with Crippen molar-refractivity contribution >= 4 is 38.7 Å². The summed E-state index contributed by atoms with van der Waals surface area (Å²) in [5, 5.41) is 0. The number of likely N-dealkylation sites (N-methyl/N-ethyl adjacent to an activating group) is 1. The molecule has 0 spiro atoms. The molecule has 0 saturated carbocycles. The zero-order valence-corrected chi connectivity index (χ0v) is 12.1. The summed E-state index contributed by atoms with van der Waals surface area (Å²) in [5.41, 5.74) is 0.820. The zero-order chi connectivity index (χ0) is 13.1. The summed E-state index contributed by atoms with van der Waals surface area (Å²) in [6, 6.07) is 9.75. The number of hydrogen-bond donors (Lipinski definition) is 0. The van der Waals surface area contributed by atoms with Crippen molar-refractivity contribution in [2.45, 2.75) is 0 Å². The van der Waals surface area contributed by atoms with Gasteiger partial charge in [-0.3, -0.25) is 4.79 Å². The molecule has 18 heavy (non-hydrogen) atoms. The molecule has 0 amide bonds. The van der Waals surface area contributed by atoms with Gasteiger partial charge >= 0.3 is 0 Å². The van der Waals surface area contributed by atoms with E-state index >= 15 is 0 Å². The van der Waals surface area contributed by atoms with Crippen LogP contribution in [-0.2, 0) is 0 Å². The van der Waals surface area contributed by atoms with Crippen molar-refractivity contribution in [3.8, 4) is 0 Å². The number of nitrogens with zero attached hydrogens (tertiary/aromatic N) is 1. The van der Waals surface area contributed by atoms with Crippen molar-refractivity contribution in [1.29, 1.82) is 0 Å². The fourth-order valence-corrected chi connectivity index (χ4v) is 2.86. The Morgan fingerprint density at radius 3 is 2.50 bits per heavy atom. The predicted octanol–water partition coefficient (Wildman–Crippen LogP) is 3.97. The van der Waals surface area contributed by atoms with E-state index in [0.29, 0.717) is 0 Å². The first-order chi connectivity index (χ1) is 8.56. The Kier molecular flexibility index (Phi) is 4.14. The molecule has 94 valence electrons. The third-order valence-corrected chi connectivity index (χ3v) is 4.16. The lowest BCUT2D eigenvalue weighted by Crippen LogP contribution is -2.25. The Balaban J connectivity index is 2.05. The van der Waals surface area contributed by atoms with Gasteiger partial charge < -0.3 is 4.90 Å². The van der Waals surface area contributed by atoms with Gasteiger partial charge in [0, 0.05) is 12.7 Å². The molecule has 1 aromatic heterocycles. The highest BCUT2D eigenvalue weighted by atomic mass is 79.9. The van der Waals surface area contributed by atoms with Crippen LogP contribution in [0.1, 0.15) is 9.67 Å². The molecule has 0 atom stereocenters. The molecular weight excluding hydrogens is 317 g/mol. The van der Waals surface area contributed by atoms with E-state index < -0.39 is 0 Å². The van der Waals surface area contributed by atoms with Crippen LogP contribution in [0.3, 0.4) is 0 Å². The molecule has 2 rings (SSSR count). The lowest BCUT2D eigenvalue weighted by atomic mass is 10.2. The summed E-state index contributed by atoms with van der Waals surface area (Å²) in [6.45, 7) is 0.276. The number of rotatable bonds is 4. The number of hydrogen-bond acceptors (Lipinski definition) is 3. The molecule has 0 radical (unpaired) electrons. The molecule has 0 aliphatic heterocycles. The number of halogens is 2. The molecule has 0 N–H and O–H groups in total. The molecule has 0 saturated heterocycles. The van der Waals surface area contributed by atoms with Crippen LogP contribution >= 0.6 is 27.3 Å². The first-order valence-electron chi connectivity index (χ1n) is 5.31. The van der Waals surface area contributed by atoms with Crippen LogP contribution < -0.4 is 4.90 Å². The van der Waals surface area contributed by atoms with E-state index in [1.807, 2.05) is 13.1 Å². The fourth-order valence-electron chi connectivity index (χ4n) is 1.54. The van der Waals surface area contributed by atoms with Gasteiger partial charge in [-0.25, -0.2) is 4.39 Å². The third-order valence-electron chi connectivity index (χ3n) is 2.50. The van der Waals surface area contributed by atoms with Crippen molar-refractivity contribution in [2.24, 2.45) is 0 Å². The minimum Gasteiger partial charge on any atom is -0.367 e. The number of carbonyl (C=O) groups excluding carboxylic acids is 1. The van der Waals surface area contributed by atoms with Crippen LogP contribution in [0.4, 0.5) is 10.1 Å². The summed E-state index contributed by atoms with van der Waals surface area (Å²) < 4.78 is 13.7. The summed E-state index contributed by atoms with van der Waals surface area (Å²) in [5.74, 6) is -0.224. The molecule has 0 unspecified atom stereocenters. The van der Waals surface area contributed by atoms with Crippen molar-refractivity contribution in [3.05, 3.63) is 50.9 Å². The maximum atomic E-state index is 12.8. The quantitative estimate of drug-likeness (QED) is 0.792. The number of thiophene rings is 1. The molecule has 1 aromatic carbocycles. The van der Waals surface area contributed by atoms with E-state index in [1.54, 1.807) is 23.1 Å². The largest absolute Gasteiger partial charge is 0.367 e. The van der Waals surface area contributed by atoms with Crippen LogP contribution in [0.5, 0.6) is 0 Å². The Labute approximate surface area is 117 Å². The summed E-state index contributed by atoms with van der Waals surface area (Å²) >= 11 is 4.75. The number of Topliss-reactive ketones (excluding diaryl/α,β-unsaturated/α-hetero) is 1. The van der Waals surface area contributed by atoms with Gasteiger partial charge in [0.25, 0.3) is 0 Å². The van der Waals surface area contributed by atoms with E-state index in [1.165, 1.54) is 23.5 Å². The molecule has 0 fully saturated rings. The first kappa shape index (κ1) is 13.2. The third kappa shape index (κ3) is 3.17. The Hall–Kier alpha value is -1.20. The molecule has 0 aliphatic rings. The average Bonchev–Trinajstić information content (AvgIpc) is 2.76. The van der Waals surface area contributed by atoms with Gasteiger partial charge in [-0.2, -0.15) is 0 Å². The van der Waals surface area contributed by atoms with Crippen molar-refractivity contribution in [3.63, 3.8) is 0 Å². The Bertz CT molecular complexity index is 552. The van der Waals surface area contributed by atoms with E-state index in [9.17, 15) is 9.18 Å². The summed E-state index contributed by atoms with van der Waals surface area (Å²) in [4.78, 5) is 14.5. The SMILES string of the molecule is CN(CC(=O)c1ccc(Br)s1)c1ccc(F)cc1. The second-order valence-corrected chi connectivity index (χ2v) is 6.32. The van der Waals surface area contributed by atoms with Crippen LogP contribution in [0, 0.1) is 5.82 Å². The van der Waals surface area contributed by atoms with E-state index in [2.05, 4.69) is 15.9 Å². The summed E-state index contributed by atoms with van der Waals surface area (Å²) in [7, 11) is 1.81. The van der Waals surface area contributed by atoms with Crippen LogP contribution in [0.2, 0.25) is 0 Å². The van der Waals surface area contributed by atoms with Crippen molar-refractivity contribution in [2.75, 3.05) is 18.5 Å². The molecule has 0 bridgehead atoms. The first-order valence-corrected chi connectivity index (χ1v) is 6.92. The minimum absolute atomic E-state index is 0.0533. The van der Waals surface area contributed by atoms with Crippen molar-refractivity contribution in [1.82, 2.24) is 0 Å². The van der Waals surface area contributed by atoms with E-state index in [0.717, 1.165) is 14.4 Å². The standard InChI is InChI=1S/C13H11BrFNOS/c1-16(10-4-2-9(15)3-5-10)8-11(17)12-6-7-13(14)18-12/h2-7H,8H2,1H3. The maximum absolute atomic E-state index is 12.8. The topological polar surface area (TPSA) is 20.3 Å². The maximum Gasteiger partial charge on any atom is 0.192 e. The monoisotopic (exact) mass is 327 g/mol. The van der Waals surface area contributed by atoms with Crippen LogP contribution in [0.25, 0.3) is 0 Å². The number of carbonyl (C=O) groups is 1. The Morgan fingerprint density at radius 2 is 1.94 bits per heavy atom. The second kappa shape index (κ2) is 5.63. The molecule has 2 nitrogen and oxygen atoms in total. The van der Waals surface area contributed by atoms with Gasteiger partial charge in [0.15, 0.2) is 5.78 Å². The van der Waals surface area contributed by atoms with Gasteiger partial charge in [0.05, 0.1) is 15.2 Å². The highest BCUT2D eigenvalue weighted by molar-refractivity contribution is 9.11. The number of ketones is 1. The molecule has 1 heterocycles. The van der Waals surface area contributed by atoms with E-state index in [4.69, 9.17) is 0 Å².